The number of hydrogen-bond donors (Lipinski definition) is 2. The minimum atomic E-state index is -0.564. The van der Waals surface area contributed by atoms with Crippen LogP contribution in [0.15, 0.2) is 30.3 Å². The Bertz CT molecular complexity index is 828. The molecule has 3 N–H and O–H groups in total. The summed E-state index contributed by atoms with van der Waals surface area (Å²) in [7, 11) is 0. The molecule has 10 heteroatoms. The van der Waals surface area contributed by atoms with Crippen molar-refractivity contribution < 1.29 is 9.59 Å². The number of likely N-dealkylation sites (tertiary alicyclic amines) is 1. The maximum Gasteiger partial charge on any atom is 0.249 e. The summed E-state index contributed by atoms with van der Waals surface area (Å²) in [6.45, 7) is 5.80. The topological polar surface area (TPSA) is 119 Å². The van der Waals surface area contributed by atoms with Crippen molar-refractivity contribution in [2.45, 2.75) is 32.7 Å². The first-order valence-corrected chi connectivity index (χ1v) is 10.1. The predicted octanol–water partition coefficient (Wildman–Crippen LogP) is 1.27. The molecule has 0 bridgehead atoms. The second-order valence-electron chi connectivity index (χ2n) is 7.69. The number of carbonyl (C=O) groups excluding carboxylic acids is 2. The van der Waals surface area contributed by atoms with Gasteiger partial charge in [0.15, 0.2) is 6.04 Å². The molecular formula is C20H30ClN7O2. The Morgan fingerprint density at radius 2 is 2.00 bits per heavy atom. The van der Waals surface area contributed by atoms with Crippen molar-refractivity contribution in [3.05, 3.63) is 30.3 Å². The van der Waals surface area contributed by atoms with Gasteiger partial charge in [-0.15, -0.1) is 22.6 Å². The summed E-state index contributed by atoms with van der Waals surface area (Å²) < 4.78 is 0. The number of nitrogens with two attached hydrogens (primary N) is 1. The minimum Gasteiger partial charge on any atom is -0.355 e. The average Bonchev–Trinajstić information content (AvgIpc) is 3.22. The maximum atomic E-state index is 13.3. The third-order valence-corrected chi connectivity index (χ3v) is 5.14. The van der Waals surface area contributed by atoms with Crippen LogP contribution >= 0.6 is 12.4 Å². The van der Waals surface area contributed by atoms with Crippen LogP contribution < -0.4 is 11.1 Å². The van der Waals surface area contributed by atoms with Crippen molar-refractivity contribution in [2.75, 3.05) is 26.2 Å². The predicted molar refractivity (Wildman–Crippen MR) is 116 cm³/mol. The number of halogens is 1. The molecule has 1 fully saturated rings. The number of amides is 2. The van der Waals surface area contributed by atoms with Crippen LogP contribution in [0, 0.1) is 11.8 Å². The number of rotatable bonds is 7. The fraction of sp³-hybridized carbons (Fsp3) is 0.550. The van der Waals surface area contributed by atoms with Gasteiger partial charge in [0.25, 0.3) is 0 Å². The highest BCUT2D eigenvalue weighted by molar-refractivity contribution is 5.85. The number of nitrogens with zero attached hydrogens (tertiary/aromatic N) is 5. The summed E-state index contributed by atoms with van der Waals surface area (Å²) in [5.41, 5.74) is 6.31. The molecule has 0 saturated carbocycles. The number of tetrazole rings is 1. The summed E-state index contributed by atoms with van der Waals surface area (Å²) >= 11 is 0. The van der Waals surface area contributed by atoms with E-state index in [1.165, 1.54) is 4.80 Å². The number of benzene rings is 1. The quantitative estimate of drug-likeness (QED) is 0.675. The molecule has 2 aromatic rings. The zero-order chi connectivity index (χ0) is 20.8. The highest BCUT2D eigenvalue weighted by Crippen LogP contribution is 2.24. The molecule has 0 spiro atoms. The third kappa shape index (κ3) is 5.54. The second kappa shape index (κ2) is 11.0. The number of hydrogen-bond acceptors (Lipinski definition) is 6. The molecule has 2 amide bonds. The fourth-order valence-electron chi connectivity index (χ4n) is 3.61. The van der Waals surface area contributed by atoms with E-state index < -0.39 is 6.04 Å². The Morgan fingerprint density at radius 1 is 1.27 bits per heavy atom. The van der Waals surface area contributed by atoms with Gasteiger partial charge in [0, 0.05) is 31.7 Å². The van der Waals surface area contributed by atoms with Gasteiger partial charge in [0.05, 0.1) is 5.92 Å². The van der Waals surface area contributed by atoms with Crippen molar-refractivity contribution in [1.82, 2.24) is 30.4 Å². The van der Waals surface area contributed by atoms with Crippen LogP contribution in [-0.2, 0) is 9.59 Å². The van der Waals surface area contributed by atoms with E-state index in [0.29, 0.717) is 32.0 Å². The molecule has 164 valence electrons. The highest BCUT2D eigenvalue weighted by atomic mass is 35.5. The normalized spacial score (nSPS) is 17.3. The van der Waals surface area contributed by atoms with Gasteiger partial charge in [-0.2, -0.15) is 4.80 Å². The van der Waals surface area contributed by atoms with Crippen LogP contribution in [0.1, 0.15) is 32.7 Å². The van der Waals surface area contributed by atoms with E-state index in [4.69, 9.17) is 5.73 Å². The smallest absolute Gasteiger partial charge is 0.249 e. The molecular weight excluding hydrogens is 406 g/mol. The Kier molecular flexibility index (Phi) is 8.73. The van der Waals surface area contributed by atoms with Crippen LogP contribution in [0.3, 0.4) is 0 Å². The van der Waals surface area contributed by atoms with Crippen molar-refractivity contribution in [2.24, 2.45) is 17.6 Å². The van der Waals surface area contributed by atoms with Crippen LogP contribution in [-0.4, -0.2) is 63.1 Å². The van der Waals surface area contributed by atoms with Gasteiger partial charge in [-0.1, -0.05) is 44.2 Å². The van der Waals surface area contributed by atoms with Crippen molar-refractivity contribution in [3.8, 4) is 11.4 Å². The lowest BCUT2D eigenvalue weighted by molar-refractivity contribution is -0.140. The Morgan fingerprint density at radius 3 is 2.67 bits per heavy atom. The number of piperidine rings is 1. The largest absolute Gasteiger partial charge is 0.355 e. The van der Waals surface area contributed by atoms with E-state index >= 15 is 0 Å². The number of nitrogens with one attached hydrogen (secondary N) is 1. The van der Waals surface area contributed by atoms with E-state index in [1.54, 1.807) is 4.90 Å². The molecule has 2 heterocycles. The summed E-state index contributed by atoms with van der Waals surface area (Å²) in [4.78, 5) is 28.8. The van der Waals surface area contributed by atoms with Crippen LogP contribution in [0.4, 0.5) is 0 Å². The standard InChI is InChI=1S/C20H29N7O2.ClH/c1-14(2)17(27-24-18(23-25-27)15-7-4-3-5-8-15)20(29)26-12-6-9-16(13-26)19(28)22-11-10-21;/h3-5,7-8,14,16-17H,6,9-13,21H2,1-2H3,(H,22,28);1H. The van der Waals surface area contributed by atoms with Gasteiger partial charge in [0.1, 0.15) is 0 Å². The molecule has 1 aromatic carbocycles. The molecule has 1 aliphatic rings. The number of aromatic nitrogens is 4. The molecule has 2 unspecified atom stereocenters. The highest BCUT2D eigenvalue weighted by Gasteiger charge is 2.35. The zero-order valence-electron chi connectivity index (χ0n) is 17.4. The summed E-state index contributed by atoms with van der Waals surface area (Å²) in [5, 5.41) is 15.6. The maximum absolute atomic E-state index is 13.3. The van der Waals surface area contributed by atoms with E-state index in [0.717, 1.165) is 18.4 Å². The van der Waals surface area contributed by atoms with Crippen molar-refractivity contribution in [3.63, 3.8) is 0 Å². The first-order chi connectivity index (χ1) is 14.0. The third-order valence-electron chi connectivity index (χ3n) is 5.14. The Labute approximate surface area is 182 Å². The van der Waals surface area contributed by atoms with Gasteiger partial charge < -0.3 is 16.0 Å². The molecule has 1 aromatic heterocycles. The van der Waals surface area contributed by atoms with E-state index in [9.17, 15) is 9.59 Å². The molecule has 0 radical (unpaired) electrons. The lowest BCUT2D eigenvalue weighted by Gasteiger charge is -2.34. The Hall–Kier alpha value is -2.52. The molecule has 9 nitrogen and oxygen atoms in total. The van der Waals surface area contributed by atoms with Gasteiger partial charge >= 0.3 is 0 Å². The molecule has 2 atom stereocenters. The molecule has 3 rings (SSSR count). The van der Waals surface area contributed by atoms with Gasteiger partial charge in [0.2, 0.25) is 17.6 Å². The van der Waals surface area contributed by atoms with E-state index in [2.05, 4.69) is 20.7 Å². The SMILES string of the molecule is CC(C)C(C(=O)N1CCCC(C(=O)NCCN)C1)n1nnc(-c2ccccc2)n1.Cl. The number of carbonyl (C=O) groups is 2. The summed E-state index contributed by atoms with van der Waals surface area (Å²) in [5.74, 6) is 0.136. The average molecular weight is 436 g/mol. The van der Waals surface area contributed by atoms with E-state index in [1.807, 2.05) is 44.2 Å². The summed E-state index contributed by atoms with van der Waals surface area (Å²) in [6, 6.07) is 8.98. The minimum absolute atomic E-state index is 0. The Balaban J connectivity index is 0.00000320. The van der Waals surface area contributed by atoms with Gasteiger partial charge in [-0.3, -0.25) is 9.59 Å². The monoisotopic (exact) mass is 435 g/mol. The molecule has 1 saturated heterocycles. The zero-order valence-corrected chi connectivity index (χ0v) is 18.2. The lowest BCUT2D eigenvalue weighted by Crippen LogP contribution is -2.49. The van der Waals surface area contributed by atoms with Crippen molar-refractivity contribution in [1.29, 1.82) is 0 Å². The van der Waals surface area contributed by atoms with E-state index in [-0.39, 0.29) is 36.1 Å². The van der Waals surface area contributed by atoms with Crippen LogP contribution in [0.2, 0.25) is 0 Å². The fourth-order valence-corrected chi connectivity index (χ4v) is 3.61. The first kappa shape index (κ1) is 23.8. The first-order valence-electron chi connectivity index (χ1n) is 10.1. The second-order valence-corrected chi connectivity index (χ2v) is 7.69. The van der Waals surface area contributed by atoms with Gasteiger partial charge in [-0.05, 0) is 24.0 Å². The summed E-state index contributed by atoms with van der Waals surface area (Å²) in [6.07, 6.45) is 1.56. The van der Waals surface area contributed by atoms with Crippen LogP contribution in [0.25, 0.3) is 11.4 Å². The molecule has 1 aliphatic heterocycles. The van der Waals surface area contributed by atoms with Crippen molar-refractivity contribution >= 4 is 24.2 Å². The lowest BCUT2D eigenvalue weighted by atomic mass is 9.95. The van der Waals surface area contributed by atoms with Gasteiger partial charge in [-0.25, -0.2) is 0 Å². The van der Waals surface area contributed by atoms with Crippen LogP contribution in [0.5, 0.6) is 0 Å². The molecule has 0 aliphatic carbocycles. The molecule has 30 heavy (non-hydrogen) atoms.